The van der Waals surface area contributed by atoms with Crippen LogP contribution in [-0.2, 0) is 13.8 Å². The van der Waals surface area contributed by atoms with Gasteiger partial charge in [0.15, 0.2) is 8.38 Å². The SMILES string of the molecule is C#CCCCCC#Cc1cn([C@H]2CC(OP(C)OCCC#N)[C@@H](C)O2)c(=O)[nH]c1=O. The number of aromatic amines is 1. The molecule has 0 spiro atoms. The van der Waals surface area contributed by atoms with Gasteiger partial charge in [-0.25, -0.2) is 4.79 Å². The molecule has 160 valence electrons. The first kappa shape index (κ1) is 23.9. The number of rotatable bonds is 9. The molecule has 0 amide bonds. The van der Waals surface area contributed by atoms with E-state index in [-0.39, 0.29) is 17.8 Å². The highest BCUT2D eigenvalue weighted by Gasteiger charge is 2.36. The number of terminal acetylenes is 1. The van der Waals surface area contributed by atoms with Gasteiger partial charge in [0, 0.05) is 32.1 Å². The van der Waals surface area contributed by atoms with Gasteiger partial charge in [-0.05, 0) is 19.8 Å². The number of hydrogen-bond acceptors (Lipinski definition) is 6. The largest absolute Gasteiger partial charge is 0.352 e. The van der Waals surface area contributed by atoms with Gasteiger partial charge >= 0.3 is 5.69 Å². The van der Waals surface area contributed by atoms with Crippen LogP contribution in [-0.4, -0.2) is 35.0 Å². The average molecular weight is 431 g/mol. The summed E-state index contributed by atoms with van der Waals surface area (Å²) in [6, 6.07) is 2.02. The van der Waals surface area contributed by atoms with E-state index < -0.39 is 25.9 Å². The van der Waals surface area contributed by atoms with Crippen molar-refractivity contribution in [3.8, 4) is 30.3 Å². The van der Waals surface area contributed by atoms with Crippen molar-refractivity contribution < 1.29 is 13.8 Å². The Morgan fingerprint density at radius 3 is 2.87 bits per heavy atom. The average Bonchev–Trinajstić information content (AvgIpc) is 3.06. The van der Waals surface area contributed by atoms with Crippen molar-refractivity contribution >= 4 is 8.38 Å². The Kier molecular flexibility index (Phi) is 9.81. The highest BCUT2D eigenvalue weighted by atomic mass is 31.2. The number of hydrogen-bond donors (Lipinski definition) is 1. The Bertz CT molecular complexity index is 962. The molecule has 0 bridgehead atoms. The zero-order valence-corrected chi connectivity index (χ0v) is 18.1. The van der Waals surface area contributed by atoms with Crippen LogP contribution in [0.4, 0.5) is 0 Å². The fourth-order valence-corrected chi connectivity index (χ4v) is 3.96. The molecule has 8 nitrogen and oxygen atoms in total. The Morgan fingerprint density at radius 1 is 1.37 bits per heavy atom. The van der Waals surface area contributed by atoms with E-state index >= 15 is 0 Å². The number of aromatic nitrogens is 2. The van der Waals surface area contributed by atoms with Crippen LogP contribution in [0.3, 0.4) is 0 Å². The molecule has 4 atom stereocenters. The minimum atomic E-state index is -1.16. The maximum atomic E-state index is 12.3. The lowest BCUT2D eigenvalue weighted by atomic mass is 10.2. The second kappa shape index (κ2) is 12.3. The van der Waals surface area contributed by atoms with Crippen molar-refractivity contribution in [2.45, 2.75) is 63.9 Å². The third-order valence-electron chi connectivity index (χ3n) is 4.47. The fourth-order valence-electron chi connectivity index (χ4n) is 2.92. The van der Waals surface area contributed by atoms with Gasteiger partial charge in [-0.2, -0.15) is 5.26 Å². The number of ether oxygens (including phenoxy) is 1. The topological polar surface area (TPSA) is 106 Å². The van der Waals surface area contributed by atoms with E-state index in [4.69, 9.17) is 25.5 Å². The maximum Gasteiger partial charge on any atom is 0.330 e. The van der Waals surface area contributed by atoms with E-state index in [2.05, 4.69) is 22.7 Å². The third-order valence-corrected chi connectivity index (χ3v) is 5.59. The van der Waals surface area contributed by atoms with Gasteiger partial charge in [-0.1, -0.05) is 11.8 Å². The maximum absolute atomic E-state index is 12.3. The van der Waals surface area contributed by atoms with Crippen molar-refractivity contribution in [2.24, 2.45) is 0 Å². The predicted octanol–water partition coefficient (Wildman–Crippen LogP) is 2.65. The molecule has 2 unspecified atom stereocenters. The van der Waals surface area contributed by atoms with Crippen LogP contribution in [0.2, 0.25) is 0 Å². The van der Waals surface area contributed by atoms with Crippen LogP contribution < -0.4 is 11.2 Å². The first-order chi connectivity index (χ1) is 14.5. The van der Waals surface area contributed by atoms with Gasteiger partial charge in [-0.15, -0.1) is 12.3 Å². The predicted molar refractivity (Wildman–Crippen MR) is 114 cm³/mol. The lowest BCUT2D eigenvalue weighted by Crippen LogP contribution is -2.33. The van der Waals surface area contributed by atoms with Crippen molar-refractivity contribution in [1.29, 1.82) is 5.26 Å². The lowest BCUT2D eigenvalue weighted by Gasteiger charge is -2.19. The molecule has 30 heavy (non-hydrogen) atoms. The van der Waals surface area contributed by atoms with Crippen LogP contribution >= 0.6 is 8.38 Å². The second-order valence-electron chi connectivity index (χ2n) is 6.78. The standard InChI is InChI=1S/C21H26N3O5P/c1-4-5-6-7-8-9-11-17-15-24(21(26)23-20(17)25)19-14-18(16(2)28-19)29-30(3)27-13-10-12-22/h1,15-16,18-19H,5-8,10,13-14H2,2-3H3,(H,23,25,26)/t16-,18?,19-,30?/m1/s1. The van der Waals surface area contributed by atoms with Gasteiger partial charge in [-0.3, -0.25) is 14.3 Å². The summed E-state index contributed by atoms with van der Waals surface area (Å²) in [6.07, 6.45) is 9.35. The van der Waals surface area contributed by atoms with E-state index in [1.807, 2.05) is 19.7 Å². The number of H-pyrrole nitrogens is 1. The fraction of sp³-hybridized carbons (Fsp3) is 0.571. The number of nitrogens with zero attached hydrogens (tertiary/aromatic N) is 2. The quantitative estimate of drug-likeness (QED) is 0.366. The number of unbranched alkanes of at least 4 members (excludes halogenated alkanes) is 3. The van der Waals surface area contributed by atoms with E-state index in [1.54, 1.807) is 0 Å². The van der Waals surface area contributed by atoms with E-state index in [9.17, 15) is 9.59 Å². The van der Waals surface area contributed by atoms with Gasteiger partial charge in [0.25, 0.3) is 5.56 Å². The highest BCUT2D eigenvalue weighted by molar-refractivity contribution is 7.46. The molecule has 1 aliphatic rings. The molecule has 0 radical (unpaired) electrons. The third kappa shape index (κ3) is 7.13. The lowest BCUT2D eigenvalue weighted by molar-refractivity contribution is -0.00682. The molecule has 2 rings (SSSR count). The molecule has 0 aliphatic carbocycles. The van der Waals surface area contributed by atoms with Crippen LogP contribution in [0.15, 0.2) is 15.8 Å². The van der Waals surface area contributed by atoms with Gasteiger partial charge < -0.3 is 13.8 Å². The minimum Gasteiger partial charge on any atom is -0.352 e. The zero-order valence-electron chi connectivity index (χ0n) is 17.2. The number of nitrogens with one attached hydrogen (secondary N) is 1. The summed E-state index contributed by atoms with van der Waals surface area (Å²) >= 11 is 0. The monoisotopic (exact) mass is 431 g/mol. The summed E-state index contributed by atoms with van der Waals surface area (Å²) in [5.41, 5.74) is -0.861. The molecule has 1 N–H and O–H groups in total. The van der Waals surface area contributed by atoms with Gasteiger partial charge in [0.05, 0.1) is 31.3 Å². The van der Waals surface area contributed by atoms with Crippen LogP contribution in [0.5, 0.6) is 0 Å². The van der Waals surface area contributed by atoms with Crippen molar-refractivity contribution in [1.82, 2.24) is 9.55 Å². The summed E-state index contributed by atoms with van der Waals surface area (Å²) in [7, 11) is -1.16. The van der Waals surface area contributed by atoms with E-state index in [0.29, 0.717) is 32.3 Å². The first-order valence-electron chi connectivity index (χ1n) is 9.80. The van der Waals surface area contributed by atoms with Gasteiger partial charge in [0.2, 0.25) is 0 Å². The molecule has 1 aromatic heterocycles. The minimum absolute atomic E-state index is 0.213. The molecular formula is C21H26N3O5P. The van der Waals surface area contributed by atoms with Crippen molar-refractivity contribution in [3.63, 3.8) is 0 Å². The summed E-state index contributed by atoms with van der Waals surface area (Å²) in [6.45, 7) is 3.99. The van der Waals surface area contributed by atoms with Gasteiger partial charge in [0.1, 0.15) is 11.8 Å². The molecule has 1 aliphatic heterocycles. The molecule has 1 aromatic rings. The zero-order chi connectivity index (χ0) is 21.9. The Balaban J connectivity index is 2.04. The Labute approximate surface area is 177 Å². The van der Waals surface area contributed by atoms with Crippen molar-refractivity contribution in [2.75, 3.05) is 13.3 Å². The summed E-state index contributed by atoms with van der Waals surface area (Å²) < 4.78 is 18.6. The molecule has 0 aromatic carbocycles. The van der Waals surface area contributed by atoms with Crippen LogP contribution in [0, 0.1) is 35.5 Å². The molecular weight excluding hydrogens is 405 g/mol. The van der Waals surface area contributed by atoms with Crippen LogP contribution in [0.25, 0.3) is 0 Å². The molecule has 0 saturated carbocycles. The first-order valence-corrected chi connectivity index (χ1v) is 11.4. The second-order valence-corrected chi connectivity index (χ2v) is 8.13. The molecule has 1 fully saturated rings. The Morgan fingerprint density at radius 2 is 2.13 bits per heavy atom. The smallest absolute Gasteiger partial charge is 0.330 e. The van der Waals surface area contributed by atoms with Crippen molar-refractivity contribution in [3.05, 3.63) is 32.6 Å². The van der Waals surface area contributed by atoms with Crippen LogP contribution in [0.1, 0.15) is 57.2 Å². The van der Waals surface area contributed by atoms with E-state index in [0.717, 1.165) is 12.8 Å². The number of nitriles is 1. The molecule has 2 heterocycles. The molecule has 9 heteroatoms. The summed E-state index contributed by atoms with van der Waals surface area (Å²) in [5, 5.41) is 8.58. The summed E-state index contributed by atoms with van der Waals surface area (Å²) in [5.74, 6) is 8.36. The molecule has 1 saturated heterocycles. The highest BCUT2D eigenvalue weighted by Crippen LogP contribution is 2.41. The summed E-state index contributed by atoms with van der Waals surface area (Å²) in [4.78, 5) is 26.7. The normalized spacial score (nSPS) is 21.3. The van der Waals surface area contributed by atoms with E-state index in [1.165, 1.54) is 10.8 Å². The Hall–Kier alpha value is -2.40.